The molecule has 0 aliphatic carbocycles. The van der Waals surface area contributed by atoms with E-state index in [1.165, 1.54) is 0 Å². The Balaban J connectivity index is 2.07. The van der Waals surface area contributed by atoms with Gasteiger partial charge < -0.3 is 14.8 Å². The Morgan fingerprint density at radius 2 is 1.62 bits per heavy atom. The molecule has 2 aromatic carbocycles. The number of hydrogen-bond acceptors (Lipinski definition) is 3. The molecule has 2 rings (SSSR count). The summed E-state index contributed by atoms with van der Waals surface area (Å²) in [7, 11) is 1.62. The molecule has 0 saturated carbocycles. The molecule has 0 fully saturated rings. The van der Waals surface area contributed by atoms with E-state index >= 15 is 0 Å². The maximum atomic E-state index is 12.8. The van der Waals surface area contributed by atoms with Crippen molar-refractivity contribution in [1.82, 2.24) is 5.32 Å². The Morgan fingerprint density at radius 1 is 1.00 bits per heavy atom. The van der Waals surface area contributed by atoms with Gasteiger partial charge in [0.05, 0.1) is 13.2 Å². The molecular weight excluding hydrogens is 326 g/mol. The fourth-order valence-corrected chi connectivity index (χ4v) is 2.84. The van der Waals surface area contributed by atoms with Crippen LogP contribution in [0.3, 0.4) is 0 Å². The highest BCUT2D eigenvalue weighted by atomic mass is 16.5. The number of rotatable bonds is 9. The first-order chi connectivity index (χ1) is 12.5. The van der Waals surface area contributed by atoms with Crippen molar-refractivity contribution in [2.24, 2.45) is 5.92 Å². The molecule has 26 heavy (non-hydrogen) atoms. The molecule has 1 amide bonds. The second-order valence-corrected chi connectivity index (χ2v) is 6.79. The van der Waals surface area contributed by atoms with Gasteiger partial charge in [0.25, 0.3) is 5.91 Å². The second-order valence-electron chi connectivity index (χ2n) is 6.79. The lowest BCUT2D eigenvalue weighted by atomic mass is 9.96. The maximum absolute atomic E-state index is 12.8. The first-order valence-corrected chi connectivity index (χ1v) is 9.19. The van der Waals surface area contributed by atoms with Crippen LogP contribution in [0.5, 0.6) is 11.5 Å². The van der Waals surface area contributed by atoms with Crippen LogP contribution in [0.4, 0.5) is 0 Å². The molecule has 0 radical (unpaired) electrons. The van der Waals surface area contributed by atoms with Crippen molar-refractivity contribution >= 4 is 5.91 Å². The summed E-state index contributed by atoms with van der Waals surface area (Å²) in [4.78, 5) is 12.8. The average molecular weight is 355 g/mol. The number of methoxy groups -OCH3 is 1. The molecule has 2 aromatic rings. The van der Waals surface area contributed by atoms with E-state index in [2.05, 4.69) is 31.3 Å². The zero-order valence-corrected chi connectivity index (χ0v) is 16.1. The Kier molecular flexibility index (Phi) is 7.52. The molecular formula is C22H29NO3. The van der Waals surface area contributed by atoms with Crippen molar-refractivity contribution < 1.29 is 14.3 Å². The lowest BCUT2D eigenvalue weighted by molar-refractivity contribution is -0.129. The summed E-state index contributed by atoms with van der Waals surface area (Å²) in [6, 6.07) is 17.4. The Hall–Kier alpha value is -2.49. The van der Waals surface area contributed by atoms with Gasteiger partial charge in [-0.25, -0.2) is 0 Å². The largest absolute Gasteiger partial charge is 0.497 e. The average Bonchev–Trinajstić information content (AvgIpc) is 2.66. The molecule has 0 heterocycles. The molecule has 0 aliphatic heterocycles. The minimum Gasteiger partial charge on any atom is -0.497 e. The van der Waals surface area contributed by atoms with Crippen molar-refractivity contribution in [2.45, 2.75) is 45.8 Å². The van der Waals surface area contributed by atoms with Gasteiger partial charge in [-0.1, -0.05) is 51.1 Å². The number of benzene rings is 2. The van der Waals surface area contributed by atoms with Crippen LogP contribution in [0.1, 0.15) is 45.2 Å². The van der Waals surface area contributed by atoms with E-state index in [4.69, 9.17) is 9.47 Å². The number of ether oxygens (including phenoxy) is 2. The first kappa shape index (κ1) is 19.8. The van der Waals surface area contributed by atoms with Gasteiger partial charge in [0.15, 0.2) is 6.10 Å². The topological polar surface area (TPSA) is 47.6 Å². The van der Waals surface area contributed by atoms with Crippen LogP contribution in [0.25, 0.3) is 0 Å². The van der Waals surface area contributed by atoms with Crippen molar-refractivity contribution in [3.8, 4) is 11.5 Å². The van der Waals surface area contributed by atoms with Crippen LogP contribution >= 0.6 is 0 Å². The van der Waals surface area contributed by atoms with Crippen molar-refractivity contribution in [2.75, 3.05) is 7.11 Å². The summed E-state index contributed by atoms with van der Waals surface area (Å²) < 4.78 is 11.1. The van der Waals surface area contributed by atoms with Crippen molar-refractivity contribution in [3.63, 3.8) is 0 Å². The van der Waals surface area contributed by atoms with Gasteiger partial charge in [0, 0.05) is 0 Å². The quantitative estimate of drug-likeness (QED) is 0.706. The molecule has 4 nitrogen and oxygen atoms in total. The standard InChI is InChI=1S/C22H29NO3/c1-5-21(26-19-13-11-18(25-4)12-14-19)22(24)23-20(15-16(2)3)17-9-7-6-8-10-17/h6-14,16,20-21H,5,15H2,1-4H3,(H,23,24)/t20-,21+/m1/s1. The predicted molar refractivity (Wildman–Crippen MR) is 104 cm³/mol. The van der Waals surface area contributed by atoms with Crippen LogP contribution < -0.4 is 14.8 Å². The zero-order valence-electron chi connectivity index (χ0n) is 16.1. The van der Waals surface area contributed by atoms with E-state index in [1.54, 1.807) is 7.11 Å². The van der Waals surface area contributed by atoms with Crippen LogP contribution in [0, 0.1) is 5.92 Å². The zero-order chi connectivity index (χ0) is 18.9. The van der Waals surface area contributed by atoms with E-state index in [0.717, 1.165) is 17.7 Å². The molecule has 0 unspecified atom stereocenters. The van der Waals surface area contributed by atoms with Gasteiger partial charge in [0.1, 0.15) is 11.5 Å². The van der Waals surface area contributed by atoms with E-state index in [1.807, 2.05) is 49.4 Å². The summed E-state index contributed by atoms with van der Waals surface area (Å²) in [5, 5.41) is 3.17. The Bertz CT molecular complexity index is 668. The van der Waals surface area contributed by atoms with Gasteiger partial charge in [-0.3, -0.25) is 4.79 Å². The van der Waals surface area contributed by atoms with Gasteiger partial charge in [-0.2, -0.15) is 0 Å². The second kappa shape index (κ2) is 9.85. The molecule has 0 aromatic heterocycles. The van der Waals surface area contributed by atoms with Crippen LogP contribution in [0.15, 0.2) is 54.6 Å². The molecule has 140 valence electrons. The number of hydrogen-bond donors (Lipinski definition) is 1. The highest BCUT2D eigenvalue weighted by Crippen LogP contribution is 2.23. The molecule has 0 saturated heterocycles. The van der Waals surface area contributed by atoms with E-state index < -0.39 is 6.10 Å². The van der Waals surface area contributed by atoms with Gasteiger partial charge in [-0.05, 0) is 48.6 Å². The summed E-state index contributed by atoms with van der Waals surface area (Å²) in [5.41, 5.74) is 1.12. The summed E-state index contributed by atoms with van der Waals surface area (Å²) >= 11 is 0. The van der Waals surface area contributed by atoms with Crippen molar-refractivity contribution in [3.05, 3.63) is 60.2 Å². The molecule has 1 N–H and O–H groups in total. The first-order valence-electron chi connectivity index (χ1n) is 9.19. The lowest BCUT2D eigenvalue weighted by Crippen LogP contribution is -2.40. The van der Waals surface area contributed by atoms with E-state index in [-0.39, 0.29) is 11.9 Å². The smallest absolute Gasteiger partial charge is 0.261 e. The number of carbonyl (C=O) groups excluding carboxylic acids is 1. The predicted octanol–water partition coefficient (Wildman–Crippen LogP) is 4.76. The fraction of sp³-hybridized carbons (Fsp3) is 0.409. The third-order valence-electron chi connectivity index (χ3n) is 4.23. The summed E-state index contributed by atoms with van der Waals surface area (Å²) in [5.74, 6) is 1.81. The third-order valence-corrected chi connectivity index (χ3v) is 4.23. The fourth-order valence-electron chi connectivity index (χ4n) is 2.84. The number of carbonyl (C=O) groups is 1. The van der Waals surface area contributed by atoms with Crippen LogP contribution in [0.2, 0.25) is 0 Å². The van der Waals surface area contributed by atoms with Gasteiger partial charge in [-0.15, -0.1) is 0 Å². The number of amides is 1. The number of nitrogens with one attached hydrogen (secondary N) is 1. The molecule has 2 atom stereocenters. The monoisotopic (exact) mass is 355 g/mol. The highest BCUT2D eigenvalue weighted by molar-refractivity contribution is 5.81. The highest BCUT2D eigenvalue weighted by Gasteiger charge is 2.23. The van der Waals surface area contributed by atoms with Crippen LogP contribution in [-0.2, 0) is 4.79 Å². The molecule has 4 heteroatoms. The minimum atomic E-state index is -0.526. The summed E-state index contributed by atoms with van der Waals surface area (Å²) in [6.45, 7) is 6.27. The maximum Gasteiger partial charge on any atom is 0.261 e. The van der Waals surface area contributed by atoms with Crippen LogP contribution in [-0.4, -0.2) is 19.1 Å². The normalized spacial score (nSPS) is 13.1. The molecule has 0 spiro atoms. The van der Waals surface area contributed by atoms with E-state index in [9.17, 15) is 4.79 Å². The third kappa shape index (κ3) is 5.80. The van der Waals surface area contributed by atoms with E-state index in [0.29, 0.717) is 18.1 Å². The summed E-state index contributed by atoms with van der Waals surface area (Å²) in [6.07, 6.45) is 0.956. The SMILES string of the molecule is CC[C@H](Oc1ccc(OC)cc1)C(=O)N[C@H](CC(C)C)c1ccccc1. The molecule has 0 bridgehead atoms. The van der Waals surface area contributed by atoms with Crippen molar-refractivity contribution in [1.29, 1.82) is 0 Å². The molecule has 0 aliphatic rings. The van der Waals surface area contributed by atoms with Gasteiger partial charge in [0.2, 0.25) is 0 Å². The lowest BCUT2D eigenvalue weighted by Gasteiger charge is -2.24. The Morgan fingerprint density at radius 3 is 2.15 bits per heavy atom. The van der Waals surface area contributed by atoms with Gasteiger partial charge >= 0.3 is 0 Å². The Labute approximate surface area is 156 Å². The minimum absolute atomic E-state index is 0.0165.